The van der Waals surface area contributed by atoms with E-state index < -0.39 is 0 Å². The zero-order valence-corrected chi connectivity index (χ0v) is 11.6. The van der Waals surface area contributed by atoms with Gasteiger partial charge in [-0.05, 0) is 36.6 Å². The maximum atomic E-state index is 9.17. The molecule has 1 N–H and O–H groups in total. The van der Waals surface area contributed by atoms with Gasteiger partial charge in [-0.1, -0.05) is 18.2 Å². The Bertz CT molecular complexity index is 637. The highest BCUT2D eigenvalue weighted by molar-refractivity contribution is 5.43. The summed E-state index contributed by atoms with van der Waals surface area (Å²) in [6.07, 6.45) is 1.59. The summed E-state index contributed by atoms with van der Waals surface area (Å²) in [5.41, 5.74) is 3.95. The molecule has 0 amide bonds. The molecule has 1 aromatic heterocycles. The Balaban J connectivity index is 2.22. The molecule has 0 atom stereocenters. The van der Waals surface area contributed by atoms with Crippen LogP contribution in [0.3, 0.4) is 0 Å². The van der Waals surface area contributed by atoms with Crippen LogP contribution in [0, 0.1) is 25.2 Å². The van der Waals surface area contributed by atoms with Crippen LogP contribution in [0.1, 0.15) is 27.9 Å². The van der Waals surface area contributed by atoms with Gasteiger partial charge in [0.05, 0.1) is 6.61 Å². The lowest BCUT2D eigenvalue weighted by Crippen LogP contribution is -2.03. The van der Waals surface area contributed by atoms with Crippen molar-refractivity contribution in [2.45, 2.75) is 27.1 Å². The van der Waals surface area contributed by atoms with Crippen LogP contribution in [0.2, 0.25) is 0 Å². The molecule has 0 fully saturated rings. The SMILES string of the molecule is Cc1cc(CO)cc(C)c1OCc1cccnc1C#N. The molecule has 0 aliphatic carbocycles. The Morgan fingerprint density at radius 1 is 1.30 bits per heavy atom. The quantitative estimate of drug-likeness (QED) is 0.925. The molecule has 2 rings (SSSR count). The van der Waals surface area contributed by atoms with Gasteiger partial charge in [-0.2, -0.15) is 5.26 Å². The van der Waals surface area contributed by atoms with Crippen LogP contribution < -0.4 is 4.74 Å². The smallest absolute Gasteiger partial charge is 0.147 e. The number of pyridine rings is 1. The van der Waals surface area contributed by atoms with E-state index in [0.717, 1.165) is 28.0 Å². The fourth-order valence-corrected chi connectivity index (χ4v) is 2.16. The molecule has 20 heavy (non-hydrogen) atoms. The van der Waals surface area contributed by atoms with Gasteiger partial charge in [-0.15, -0.1) is 0 Å². The summed E-state index contributed by atoms with van der Waals surface area (Å²) in [6.45, 7) is 4.20. The molecule has 0 saturated heterocycles. The van der Waals surface area contributed by atoms with Crippen LogP contribution >= 0.6 is 0 Å². The lowest BCUT2D eigenvalue weighted by Gasteiger charge is -2.14. The lowest BCUT2D eigenvalue weighted by molar-refractivity contribution is 0.280. The van der Waals surface area contributed by atoms with Gasteiger partial charge < -0.3 is 9.84 Å². The van der Waals surface area contributed by atoms with Crippen LogP contribution in [0.4, 0.5) is 0 Å². The minimum absolute atomic E-state index is 0.0170. The molecule has 0 saturated carbocycles. The van der Waals surface area contributed by atoms with Crippen molar-refractivity contribution < 1.29 is 9.84 Å². The van der Waals surface area contributed by atoms with Crippen molar-refractivity contribution in [3.63, 3.8) is 0 Å². The minimum Gasteiger partial charge on any atom is -0.488 e. The molecule has 0 unspecified atom stereocenters. The van der Waals surface area contributed by atoms with Gasteiger partial charge in [-0.25, -0.2) is 4.98 Å². The number of nitrogens with zero attached hydrogens (tertiary/aromatic N) is 2. The molecule has 0 radical (unpaired) electrons. The zero-order chi connectivity index (χ0) is 14.5. The number of aromatic nitrogens is 1. The predicted octanol–water partition coefficient (Wildman–Crippen LogP) is 2.64. The number of nitriles is 1. The van der Waals surface area contributed by atoms with E-state index in [1.165, 1.54) is 0 Å². The summed E-state index contributed by atoms with van der Waals surface area (Å²) in [7, 11) is 0. The summed E-state index contributed by atoms with van der Waals surface area (Å²) >= 11 is 0. The average molecular weight is 268 g/mol. The maximum Gasteiger partial charge on any atom is 0.147 e. The highest BCUT2D eigenvalue weighted by atomic mass is 16.5. The van der Waals surface area contributed by atoms with Crippen molar-refractivity contribution >= 4 is 0 Å². The van der Waals surface area contributed by atoms with Crippen molar-refractivity contribution in [2.75, 3.05) is 0 Å². The first-order valence-electron chi connectivity index (χ1n) is 6.33. The third-order valence-corrected chi connectivity index (χ3v) is 3.07. The van der Waals surface area contributed by atoms with E-state index in [2.05, 4.69) is 11.1 Å². The van der Waals surface area contributed by atoms with E-state index in [1.807, 2.05) is 32.0 Å². The number of benzene rings is 1. The van der Waals surface area contributed by atoms with Crippen molar-refractivity contribution in [1.29, 1.82) is 5.26 Å². The molecule has 0 aliphatic heterocycles. The number of ether oxygens (including phenoxy) is 1. The van der Waals surface area contributed by atoms with E-state index in [4.69, 9.17) is 15.1 Å². The molecule has 102 valence electrons. The van der Waals surface area contributed by atoms with Gasteiger partial charge in [0, 0.05) is 11.8 Å². The van der Waals surface area contributed by atoms with Crippen molar-refractivity contribution in [1.82, 2.24) is 4.98 Å². The van der Waals surface area contributed by atoms with Gasteiger partial charge in [0.2, 0.25) is 0 Å². The van der Waals surface area contributed by atoms with Crippen LogP contribution in [-0.2, 0) is 13.2 Å². The van der Waals surface area contributed by atoms with Crippen LogP contribution in [0.25, 0.3) is 0 Å². The van der Waals surface area contributed by atoms with Gasteiger partial charge in [0.15, 0.2) is 0 Å². The van der Waals surface area contributed by atoms with Gasteiger partial charge >= 0.3 is 0 Å². The van der Waals surface area contributed by atoms with Gasteiger partial charge in [0.1, 0.15) is 24.1 Å². The number of aliphatic hydroxyl groups excluding tert-OH is 1. The van der Waals surface area contributed by atoms with Crippen molar-refractivity contribution in [3.8, 4) is 11.8 Å². The van der Waals surface area contributed by atoms with Crippen LogP contribution in [0.5, 0.6) is 5.75 Å². The third-order valence-electron chi connectivity index (χ3n) is 3.07. The number of rotatable bonds is 4. The first-order chi connectivity index (χ1) is 9.65. The average Bonchev–Trinajstić information content (AvgIpc) is 2.46. The van der Waals surface area contributed by atoms with E-state index in [-0.39, 0.29) is 6.61 Å². The Hall–Kier alpha value is -2.38. The van der Waals surface area contributed by atoms with Gasteiger partial charge in [-0.3, -0.25) is 0 Å². The molecule has 1 heterocycles. The second-order valence-corrected chi connectivity index (χ2v) is 4.63. The fourth-order valence-electron chi connectivity index (χ4n) is 2.16. The summed E-state index contributed by atoms with van der Waals surface area (Å²) < 4.78 is 5.82. The van der Waals surface area contributed by atoms with Gasteiger partial charge in [0.25, 0.3) is 0 Å². The minimum atomic E-state index is 0.0170. The number of hydrogen-bond acceptors (Lipinski definition) is 4. The van der Waals surface area contributed by atoms with E-state index in [9.17, 15) is 0 Å². The Labute approximate surface area is 118 Å². The lowest BCUT2D eigenvalue weighted by atomic mass is 10.1. The first kappa shape index (κ1) is 14.0. The zero-order valence-electron chi connectivity index (χ0n) is 11.6. The molecular formula is C16H16N2O2. The topological polar surface area (TPSA) is 66.1 Å². The van der Waals surface area contributed by atoms with E-state index >= 15 is 0 Å². The molecule has 2 aromatic rings. The predicted molar refractivity (Wildman–Crippen MR) is 75.1 cm³/mol. The second kappa shape index (κ2) is 6.18. The maximum absolute atomic E-state index is 9.17. The molecule has 0 spiro atoms. The molecule has 0 bridgehead atoms. The van der Waals surface area contributed by atoms with E-state index in [0.29, 0.717) is 12.3 Å². The number of aliphatic hydroxyl groups is 1. The Kier molecular flexibility index (Phi) is 4.34. The summed E-state index contributed by atoms with van der Waals surface area (Å²) in [5, 5.41) is 18.2. The monoisotopic (exact) mass is 268 g/mol. The largest absolute Gasteiger partial charge is 0.488 e. The molecular weight excluding hydrogens is 252 g/mol. The summed E-state index contributed by atoms with van der Waals surface area (Å²) in [5.74, 6) is 0.787. The second-order valence-electron chi connectivity index (χ2n) is 4.63. The Morgan fingerprint density at radius 2 is 2.00 bits per heavy atom. The highest BCUT2D eigenvalue weighted by Gasteiger charge is 2.08. The molecule has 0 aliphatic rings. The van der Waals surface area contributed by atoms with Crippen LogP contribution in [0.15, 0.2) is 30.5 Å². The normalized spacial score (nSPS) is 10.1. The summed E-state index contributed by atoms with van der Waals surface area (Å²) in [4.78, 5) is 4.01. The molecule has 4 heteroatoms. The standard InChI is InChI=1S/C16H16N2O2/c1-11-6-13(9-19)7-12(2)16(11)20-10-14-4-3-5-18-15(14)8-17/h3-7,19H,9-10H2,1-2H3. The Morgan fingerprint density at radius 3 is 2.60 bits per heavy atom. The number of hydrogen-bond donors (Lipinski definition) is 1. The third kappa shape index (κ3) is 2.95. The summed E-state index contributed by atoms with van der Waals surface area (Å²) in [6, 6.07) is 9.47. The highest BCUT2D eigenvalue weighted by Crippen LogP contribution is 2.26. The van der Waals surface area contributed by atoms with Crippen LogP contribution in [-0.4, -0.2) is 10.1 Å². The van der Waals surface area contributed by atoms with Crippen molar-refractivity contribution in [2.24, 2.45) is 0 Å². The molecule has 1 aromatic carbocycles. The van der Waals surface area contributed by atoms with Crippen molar-refractivity contribution in [3.05, 3.63) is 58.4 Å². The van der Waals surface area contributed by atoms with E-state index in [1.54, 1.807) is 12.3 Å². The molecule has 4 nitrogen and oxygen atoms in total. The fraction of sp³-hybridized carbons (Fsp3) is 0.250. The first-order valence-corrected chi connectivity index (χ1v) is 6.33. The number of aryl methyl sites for hydroxylation is 2.